The third-order valence-corrected chi connectivity index (χ3v) is 4.33. The quantitative estimate of drug-likeness (QED) is 0.680. The van der Waals surface area contributed by atoms with Crippen LogP contribution in [0.2, 0.25) is 0 Å². The van der Waals surface area contributed by atoms with Gasteiger partial charge in [-0.15, -0.1) is 0 Å². The third kappa shape index (κ3) is 3.29. The lowest BCUT2D eigenvalue weighted by Crippen LogP contribution is -2.05. The van der Waals surface area contributed by atoms with Crippen molar-refractivity contribution in [1.82, 2.24) is 0 Å². The molecule has 0 amide bonds. The first-order chi connectivity index (χ1) is 11.2. The minimum absolute atomic E-state index is 0.294. The van der Waals surface area contributed by atoms with Crippen LogP contribution in [-0.4, -0.2) is 18.2 Å². The van der Waals surface area contributed by atoms with E-state index in [1.165, 1.54) is 24.0 Å². The molecule has 0 aromatic heterocycles. The molecule has 1 aliphatic carbocycles. The number of rotatable bonds is 4. The van der Waals surface area contributed by atoms with Crippen molar-refractivity contribution >= 4 is 17.6 Å². The average molecular weight is 308 g/mol. The van der Waals surface area contributed by atoms with E-state index in [-0.39, 0.29) is 0 Å². The van der Waals surface area contributed by atoms with Gasteiger partial charge >= 0.3 is 5.97 Å². The minimum atomic E-state index is -0.924. The zero-order chi connectivity index (χ0) is 16.2. The van der Waals surface area contributed by atoms with Crippen molar-refractivity contribution in [3.63, 3.8) is 0 Å². The Morgan fingerprint density at radius 2 is 1.83 bits per heavy atom. The molecule has 2 aromatic carbocycles. The fraction of sp³-hybridized carbons (Fsp3) is 0.250. The van der Waals surface area contributed by atoms with E-state index in [9.17, 15) is 9.90 Å². The van der Waals surface area contributed by atoms with Crippen LogP contribution in [0.4, 0.5) is 0 Å². The van der Waals surface area contributed by atoms with Crippen LogP contribution in [0.15, 0.2) is 42.5 Å². The molecule has 118 valence electrons. The van der Waals surface area contributed by atoms with Crippen molar-refractivity contribution in [3.8, 4) is 5.75 Å². The van der Waals surface area contributed by atoms with Gasteiger partial charge in [0.1, 0.15) is 5.75 Å². The number of hydrogen-bond donors (Lipinski definition) is 1. The largest absolute Gasteiger partial charge is 0.496 e. The van der Waals surface area contributed by atoms with Crippen molar-refractivity contribution < 1.29 is 14.6 Å². The van der Waals surface area contributed by atoms with Crippen LogP contribution >= 0.6 is 0 Å². The van der Waals surface area contributed by atoms with E-state index in [1.54, 1.807) is 13.2 Å². The first-order valence-electron chi connectivity index (χ1n) is 7.89. The number of hydrogen-bond acceptors (Lipinski definition) is 2. The summed E-state index contributed by atoms with van der Waals surface area (Å²) in [6.45, 7) is 0. The zero-order valence-electron chi connectivity index (χ0n) is 13.2. The van der Waals surface area contributed by atoms with E-state index < -0.39 is 5.97 Å². The van der Waals surface area contributed by atoms with E-state index in [4.69, 9.17) is 4.74 Å². The van der Waals surface area contributed by atoms with Gasteiger partial charge in [-0.3, -0.25) is 0 Å². The molecule has 0 saturated heterocycles. The molecule has 23 heavy (non-hydrogen) atoms. The molecule has 0 aliphatic heterocycles. The molecule has 0 heterocycles. The Hall–Kier alpha value is -2.55. The lowest BCUT2D eigenvalue weighted by atomic mass is 9.88. The molecule has 0 radical (unpaired) electrons. The molecule has 3 nitrogen and oxygen atoms in total. The normalized spacial score (nSPS) is 14.2. The molecule has 3 rings (SSSR count). The van der Waals surface area contributed by atoms with Gasteiger partial charge in [0.2, 0.25) is 0 Å². The number of methoxy groups -OCH3 is 1. The van der Waals surface area contributed by atoms with Crippen molar-refractivity contribution in [2.24, 2.45) is 0 Å². The Kier molecular flexibility index (Phi) is 4.47. The van der Waals surface area contributed by atoms with Gasteiger partial charge in [-0.25, -0.2) is 4.79 Å². The molecule has 1 aliphatic rings. The number of aliphatic carboxylic acids is 1. The molecule has 0 spiro atoms. The first kappa shape index (κ1) is 15.3. The maximum absolute atomic E-state index is 11.8. The Bertz CT molecular complexity index is 759. The highest BCUT2D eigenvalue weighted by atomic mass is 16.5. The van der Waals surface area contributed by atoms with Crippen molar-refractivity contribution in [1.29, 1.82) is 0 Å². The van der Waals surface area contributed by atoms with Crippen LogP contribution in [0.25, 0.3) is 11.6 Å². The van der Waals surface area contributed by atoms with Gasteiger partial charge in [0, 0.05) is 5.56 Å². The van der Waals surface area contributed by atoms with Crippen molar-refractivity contribution in [2.45, 2.75) is 25.7 Å². The maximum Gasteiger partial charge on any atom is 0.336 e. The van der Waals surface area contributed by atoms with Crippen LogP contribution < -0.4 is 4.74 Å². The number of aryl methyl sites for hydroxylation is 2. The molecule has 3 heteroatoms. The summed E-state index contributed by atoms with van der Waals surface area (Å²) in [5.74, 6) is -0.254. The van der Waals surface area contributed by atoms with Gasteiger partial charge in [0.05, 0.1) is 12.7 Å². The lowest BCUT2D eigenvalue weighted by molar-refractivity contribution is -0.130. The molecule has 0 unspecified atom stereocenters. The molecule has 0 fully saturated rings. The number of ether oxygens (including phenoxy) is 1. The fourth-order valence-electron chi connectivity index (χ4n) is 3.11. The first-order valence-corrected chi connectivity index (χ1v) is 7.89. The summed E-state index contributed by atoms with van der Waals surface area (Å²) in [5.41, 5.74) is 4.44. The molecule has 2 aromatic rings. The van der Waals surface area contributed by atoms with E-state index in [2.05, 4.69) is 6.07 Å². The number of benzene rings is 2. The number of carboxylic acids is 1. The summed E-state index contributed by atoms with van der Waals surface area (Å²) < 4.78 is 5.31. The summed E-state index contributed by atoms with van der Waals surface area (Å²) in [6, 6.07) is 13.5. The van der Waals surface area contributed by atoms with Gasteiger partial charge < -0.3 is 9.84 Å². The van der Waals surface area contributed by atoms with E-state index in [0.29, 0.717) is 11.3 Å². The summed E-state index contributed by atoms with van der Waals surface area (Å²) >= 11 is 0. The summed E-state index contributed by atoms with van der Waals surface area (Å²) in [4.78, 5) is 11.8. The molecular formula is C20H20O3. The van der Waals surface area contributed by atoms with E-state index in [1.807, 2.05) is 36.4 Å². The Morgan fingerprint density at radius 1 is 1.09 bits per heavy atom. The average Bonchev–Trinajstić information content (AvgIpc) is 2.59. The van der Waals surface area contributed by atoms with Crippen LogP contribution in [0.3, 0.4) is 0 Å². The van der Waals surface area contributed by atoms with Gasteiger partial charge in [-0.1, -0.05) is 36.4 Å². The lowest BCUT2D eigenvalue weighted by Gasteiger charge is -2.17. The number of carbonyl (C=O) groups is 1. The van der Waals surface area contributed by atoms with E-state index >= 15 is 0 Å². The standard InChI is InChI=1S/C20H20O3/c1-23-19-9-5-4-8-17(19)13-18(20(21)22)16-11-10-14-6-2-3-7-15(14)12-16/h4-5,8-13H,2-3,6-7H2,1H3,(H,21,22)/b18-13-. The van der Waals surface area contributed by atoms with Crippen LogP contribution in [0.5, 0.6) is 5.75 Å². The van der Waals surface area contributed by atoms with Gasteiger partial charge in [-0.05, 0) is 54.5 Å². The second-order valence-electron chi connectivity index (χ2n) is 5.80. The summed E-state index contributed by atoms with van der Waals surface area (Å²) in [7, 11) is 1.59. The highest BCUT2D eigenvalue weighted by Gasteiger charge is 2.15. The monoisotopic (exact) mass is 308 g/mol. The van der Waals surface area contributed by atoms with E-state index in [0.717, 1.165) is 24.0 Å². The molecular weight excluding hydrogens is 288 g/mol. The predicted molar refractivity (Wildman–Crippen MR) is 91.6 cm³/mol. The van der Waals surface area contributed by atoms with Crippen LogP contribution in [0.1, 0.15) is 35.1 Å². The Morgan fingerprint density at radius 3 is 2.57 bits per heavy atom. The maximum atomic E-state index is 11.8. The highest BCUT2D eigenvalue weighted by Crippen LogP contribution is 2.28. The summed E-state index contributed by atoms with van der Waals surface area (Å²) in [6.07, 6.45) is 6.20. The number of carboxylic acid groups (broad SMARTS) is 1. The van der Waals surface area contributed by atoms with Gasteiger partial charge in [-0.2, -0.15) is 0 Å². The van der Waals surface area contributed by atoms with Crippen molar-refractivity contribution in [2.75, 3.05) is 7.11 Å². The minimum Gasteiger partial charge on any atom is -0.496 e. The Balaban J connectivity index is 2.05. The molecule has 1 N–H and O–H groups in total. The Labute approximate surface area is 136 Å². The third-order valence-electron chi connectivity index (χ3n) is 4.33. The second-order valence-corrected chi connectivity index (χ2v) is 5.80. The second kappa shape index (κ2) is 6.69. The zero-order valence-corrected chi connectivity index (χ0v) is 13.2. The predicted octanol–water partition coefficient (Wildman–Crippen LogP) is 4.20. The smallest absolute Gasteiger partial charge is 0.336 e. The molecule has 0 atom stereocenters. The van der Waals surface area contributed by atoms with Gasteiger partial charge in [0.15, 0.2) is 0 Å². The highest BCUT2D eigenvalue weighted by molar-refractivity contribution is 6.20. The van der Waals surface area contributed by atoms with Crippen LogP contribution in [-0.2, 0) is 17.6 Å². The topological polar surface area (TPSA) is 46.5 Å². The fourth-order valence-corrected chi connectivity index (χ4v) is 3.11. The SMILES string of the molecule is COc1ccccc1/C=C(\C(=O)O)c1ccc2c(c1)CCCC2. The molecule has 0 bridgehead atoms. The molecule has 0 saturated carbocycles. The van der Waals surface area contributed by atoms with Crippen molar-refractivity contribution in [3.05, 3.63) is 64.7 Å². The number of para-hydroxylation sites is 1. The van der Waals surface area contributed by atoms with Crippen LogP contribution in [0, 0.1) is 0 Å². The summed E-state index contributed by atoms with van der Waals surface area (Å²) in [5, 5.41) is 9.65. The number of fused-ring (bicyclic) bond motifs is 1. The van der Waals surface area contributed by atoms with Gasteiger partial charge in [0.25, 0.3) is 0 Å².